The van der Waals surface area contributed by atoms with Crippen molar-refractivity contribution in [2.24, 2.45) is 17.8 Å². The van der Waals surface area contributed by atoms with Gasteiger partial charge in [-0.1, -0.05) is 24.3 Å². The van der Waals surface area contributed by atoms with Crippen LogP contribution < -0.4 is 0 Å². The molecule has 0 atom stereocenters. The Kier molecular flexibility index (Phi) is 5.91. The summed E-state index contributed by atoms with van der Waals surface area (Å²) in [5.41, 5.74) is 1.35. The van der Waals surface area contributed by atoms with E-state index < -0.39 is 0 Å². The Balaban J connectivity index is 1.45. The van der Waals surface area contributed by atoms with Crippen molar-refractivity contribution >= 4 is 0 Å². The maximum Gasteiger partial charge on any atom is 0.123 e. The predicted molar refractivity (Wildman–Crippen MR) is 96.0 cm³/mol. The van der Waals surface area contributed by atoms with Gasteiger partial charge in [-0.15, -0.1) is 0 Å². The summed E-state index contributed by atoms with van der Waals surface area (Å²) < 4.78 is 13.1. The summed E-state index contributed by atoms with van der Waals surface area (Å²) in [6.45, 7) is 2.13. The molecular weight excluding hydrogens is 283 g/mol. The Hall–Kier alpha value is -1.11. The molecule has 1 aromatic carbocycles. The largest absolute Gasteiger partial charge is 0.207 e. The first-order valence-corrected chi connectivity index (χ1v) is 9.63. The van der Waals surface area contributed by atoms with E-state index in [1.807, 2.05) is 12.1 Å². The number of halogens is 1. The van der Waals surface area contributed by atoms with E-state index in [-0.39, 0.29) is 5.82 Å². The summed E-state index contributed by atoms with van der Waals surface area (Å²) in [5, 5.41) is 0. The number of benzene rings is 1. The van der Waals surface area contributed by atoms with Gasteiger partial charge in [0.1, 0.15) is 5.82 Å². The van der Waals surface area contributed by atoms with Gasteiger partial charge in [-0.25, -0.2) is 4.39 Å². The molecule has 0 saturated heterocycles. The second kappa shape index (κ2) is 8.13. The minimum atomic E-state index is -0.114. The fourth-order valence-corrected chi connectivity index (χ4v) is 4.88. The molecule has 3 rings (SSSR count). The zero-order valence-corrected chi connectivity index (χ0v) is 14.5. The summed E-state index contributed by atoms with van der Waals surface area (Å²) in [5.74, 6) is 3.42. The molecule has 0 bridgehead atoms. The Labute approximate surface area is 141 Å². The molecule has 126 valence electrons. The molecule has 23 heavy (non-hydrogen) atoms. The SMILES string of the molecule is C/C=C/CC1CCC(C2CCC(c3ccc(F)cc3)CC2)CC1. The molecule has 2 fully saturated rings. The molecule has 0 spiro atoms. The van der Waals surface area contributed by atoms with Crippen LogP contribution in [0.4, 0.5) is 4.39 Å². The average molecular weight is 314 g/mol. The monoisotopic (exact) mass is 314 g/mol. The van der Waals surface area contributed by atoms with Gasteiger partial charge in [0.2, 0.25) is 0 Å². The molecule has 0 unspecified atom stereocenters. The first-order valence-electron chi connectivity index (χ1n) is 9.63. The van der Waals surface area contributed by atoms with Gasteiger partial charge in [0.25, 0.3) is 0 Å². The summed E-state index contributed by atoms with van der Waals surface area (Å²) >= 11 is 0. The van der Waals surface area contributed by atoms with E-state index in [0.29, 0.717) is 5.92 Å². The van der Waals surface area contributed by atoms with Crippen molar-refractivity contribution < 1.29 is 4.39 Å². The standard InChI is InChI=1S/C22H31F/c1-2-3-4-17-5-7-18(8-6-17)19-9-11-20(12-10-19)21-13-15-22(23)16-14-21/h2-3,13-20H,4-12H2,1H3/b3-2+. The highest BCUT2D eigenvalue weighted by atomic mass is 19.1. The fourth-order valence-electron chi connectivity index (χ4n) is 4.88. The van der Waals surface area contributed by atoms with E-state index in [1.54, 1.807) is 12.1 Å². The van der Waals surface area contributed by atoms with Gasteiger partial charge in [0.05, 0.1) is 0 Å². The van der Waals surface area contributed by atoms with Crippen molar-refractivity contribution in [3.8, 4) is 0 Å². The van der Waals surface area contributed by atoms with Crippen LogP contribution in [0.3, 0.4) is 0 Å². The van der Waals surface area contributed by atoms with Gasteiger partial charge < -0.3 is 0 Å². The van der Waals surface area contributed by atoms with Gasteiger partial charge in [-0.2, -0.15) is 0 Å². The Bertz CT molecular complexity index is 485. The molecule has 0 nitrogen and oxygen atoms in total. The highest BCUT2D eigenvalue weighted by Crippen LogP contribution is 2.44. The lowest BCUT2D eigenvalue weighted by Crippen LogP contribution is -2.25. The predicted octanol–water partition coefficient (Wildman–Crippen LogP) is 6.87. The second-order valence-electron chi connectivity index (χ2n) is 7.75. The average Bonchev–Trinajstić information content (AvgIpc) is 2.61. The lowest BCUT2D eigenvalue weighted by Gasteiger charge is -2.38. The maximum atomic E-state index is 13.1. The molecule has 0 amide bonds. The minimum Gasteiger partial charge on any atom is -0.207 e. The molecule has 0 aliphatic heterocycles. The molecular formula is C22H31F. The van der Waals surface area contributed by atoms with E-state index in [2.05, 4.69) is 19.1 Å². The maximum absolute atomic E-state index is 13.1. The quantitative estimate of drug-likeness (QED) is 0.532. The normalized spacial score (nSPS) is 32.3. The van der Waals surface area contributed by atoms with Crippen LogP contribution in [-0.2, 0) is 0 Å². The van der Waals surface area contributed by atoms with Gasteiger partial charge in [0.15, 0.2) is 0 Å². The molecule has 1 heteroatoms. The van der Waals surface area contributed by atoms with Crippen molar-refractivity contribution in [2.45, 2.75) is 70.6 Å². The van der Waals surface area contributed by atoms with Gasteiger partial charge in [0, 0.05) is 0 Å². The van der Waals surface area contributed by atoms with Crippen LogP contribution in [0.1, 0.15) is 76.2 Å². The summed E-state index contributed by atoms with van der Waals surface area (Å²) in [4.78, 5) is 0. The molecule has 2 aliphatic carbocycles. The zero-order chi connectivity index (χ0) is 16.1. The highest BCUT2D eigenvalue weighted by Gasteiger charge is 2.30. The number of hydrogen-bond acceptors (Lipinski definition) is 0. The molecule has 0 radical (unpaired) electrons. The third kappa shape index (κ3) is 4.46. The first kappa shape index (κ1) is 16.7. The molecule has 2 saturated carbocycles. The van der Waals surface area contributed by atoms with E-state index in [4.69, 9.17) is 0 Å². The van der Waals surface area contributed by atoms with Gasteiger partial charge in [-0.05, 0) is 106 Å². The van der Waals surface area contributed by atoms with Crippen molar-refractivity contribution in [1.82, 2.24) is 0 Å². The third-order valence-electron chi connectivity index (χ3n) is 6.38. The summed E-state index contributed by atoms with van der Waals surface area (Å²) in [6, 6.07) is 7.22. The number of allylic oxidation sites excluding steroid dienone is 2. The molecule has 2 aliphatic rings. The topological polar surface area (TPSA) is 0 Å². The zero-order valence-electron chi connectivity index (χ0n) is 14.5. The van der Waals surface area contributed by atoms with Crippen molar-refractivity contribution in [1.29, 1.82) is 0 Å². The lowest BCUT2D eigenvalue weighted by molar-refractivity contribution is 0.160. The Morgan fingerprint density at radius 3 is 2.00 bits per heavy atom. The van der Waals surface area contributed by atoms with E-state index >= 15 is 0 Å². The summed E-state index contributed by atoms with van der Waals surface area (Å²) in [6.07, 6.45) is 17.0. The van der Waals surface area contributed by atoms with E-state index in [0.717, 1.165) is 17.8 Å². The first-order chi connectivity index (χ1) is 11.3. The minimum absolute atomic E-state index is 0.114. The van der Waals surface area contributed by atoms with Crippen LogP contribution in [0.15, 0.2) is 36.4 Å². The van der Waals surface area contributed by atoms with Gasteiger partial charge >= 0.3 is 0 Å². The molecule has 0 N–H and O–H groups in total. The van der Waals surface area contributed by atoms with E-state index in [1.165, 1.54) is 63.4 Å². The molecule has 1 aromatic rings. The van der Waals surface area contributed by atoms with Crippen LogP contribution in [-0.4, -0.2) is 0 Å². The molecule has 0 aromatic heterocycles. The summed E-state index contributed by atoms with van der Waals surface area (Å²) in [7, 11) is 0. The van der Waals surface area contributed by atoms with Crippen LogP contribution in [0.5, 0.6) is 0 Å². The fraction of sp³-hybridized carbons (Fsp3) is 0.636. The highest BCUT2D eigenvalue weighted by molar-refractivity contribution is 5.21. The van der Waals surface area contributed by atoms with Crippen molar-refractivity contribution in [3.63, 3.8) is 0 Å². The smallest absolute Gasteiger partial charge is 0.123 e. The van der Waals surface area contributed by atoms with Crippen LogP contribution in [0.2, 0.25) is 0 Å². The van der Waals surface area contributed by atoms with Crippen molar-refractivity contribution in [2.75, 3.05) is 0 Å². The number of hydrogen-bond donors (Lipinski definition) is 0. The van der Waals surface area contributed by atoms with Crippen molar-refractivity contribution in [3.05, 3.63) is 47.8 Å². The van der Waals surface area contributed by atoms with Crippen LogP contribution in [0.25, 0.3) is 0 Å². The van der Waals surface area contributed by atoms with Crippen LogP contribution in [0, 0.1) is 23.6 Å². The van der Waals surface area contributed by atoms with Crippen LogP contribution >= 0.6 is 0 Å². The lowest BCUT2D eigenvalue weighted by atomic mass is 9.68. The Morgan fingerprint density at radius 2 is 1.43 bits per heavy atom. The second-order valence-corrected chi connectivity index (χ2v) is 7.75. The Morgan fingerprint density at radius 1 is 0.870 bits per heavy atom. The molecule has 0 heterocycles. The van der Waals surface area contributed by atoms with E-state index in [9.17, 15) is 4.39 Å². The van der Waals surface area contributed by atoms with Gasteiger partial charge in [-0.3, -0.25) is 0 Å². The third-order valence-corrected chi connectivity index (χ3v) is 6.38. The number of rotatable bonds is 4.